The maximum Gasteiger partial charge on any atom is 0.251 e. The zero-order valence-electron chi connectivity index (χ0n) is 16.9. The molecule has 0 heterocycles. The standard InChI is InChI=1S/C22H26N2O5/c1-27-18-11-14(12-19(28-2)21(18)29-3)7-10-20(25)23-17-6-4-5-15(13-17)22(26)24-16-8-9-16/h4-6,11-13,16H,7-10H2,1-3H3,(H,23,25)(H,24,26). The predicted molar refractivity (Wildman–Crippen MR) is 110 cm³/mol. The monoisotopic (exact) mass is 398 g/mol. The molecule has 1 aliphatic rings. The minimum absolute atomic E-state index is 0.110. The number of carbonyl (C=O) groups is 2. The Labute approximate surface area is 170 Å². The molecule has 2 amide bonds. The molecule has 1 aliphatic carbocycles. The minimum atomic E-state index is -0.140. The molecular formula is C22H26N2O5. The van der Waals surface area contributed by atoms with E-state index in [0.717, 1.165) is 18.4 Å². The topological polar surface area (TPSA) is 85.9 Å². The first-order valence-corrected chi connectivity index (χ1v) is 9.53. The van der Waals surface area contributed by atoms with Crippen molar-refractivity contribution in [3.63, 3.8) is 0 Å². The van der Waals surface area contributed by atoms with Crippen LogP contribution in [0.15, 0.2) is 36.4 Å². The van der Waals surface area contributed by atoms with Crippen molar-refractivity contribution in [2.24, 2.45) is 0 Å². The molecule has 0 spiro atoms. The van der Waals surface area contributed by atoms with E-state index in [9.17, 15) is 9.59 Å². The molecule has 0 aromatic heterocycles. The Balaban J connectivity index is 1.60. The van der Waals surface area contributed by atoms with Crippen LogP contribution >= 0.6 is 0 Å². The second-order valence-corrected chi connectivity index (χ2v) is 6.91. The van der Waals surface area contributed by atoms with E-state index in [1.165, 1.54) is 0 Å². The van der Waals surface area contributed by atoms with Crippen molar-refractivity contribution < 1.29 is 23.8 Å². The van der Waals surface area contributed by atoms with Crippen molar-refractivity contribution in [1.82, 2.24) is 5.32 Å². The van der Waals surface area contributed by atoms with Crippen LogP contribution in [0.25, 0.3) is 0 Å². The van der Waals surface area contributed by atoms with Crippen LogP contribution in [0.4, 0.5) is 5.69 Å². The summed E-state index contributed by atoms with van der Waals surface area (Å²) >= 11 is 0. The van der Waals surface area contributed by atoms with Crippen LogP contribution in [-0.2, 0) is 11.2 Å². The lowest BCUT2D eigenvalue weighted by Gasteiger charge is -2.14. The number of rotatable bonds is 9. The van der Waals surface area contributed by atoms with Crippen LogP contribution in [0.1, 0.15) is 35.2 Å². The summed E-state index contributed by atoms with van der Waals surface area (Å²) in [7, 11) is 4.66. The highest BCUT2D eigenvalue weighted by molar-refractivity contribution is 5.97. The minimum Gasteiger partial charge on any atom is -0.493 e. The highest BCUT2D eigenvalue weighted by atomic mass is 16.5. The summed E-state index contributed by atoms with van der Waals surface area (Å²) in [5.74, 6) is 1.37. The molecule has 1 saturated carbocycles. The first-order valence-electron chi connectivity index (χ1n) is 9.53. The van der Waals surface area contributed by atoms with Gasteiger partial charge in [-0.2, -0.15) is 0 Å². The molecule has 0 saturated heterocycles. The highest BCUT2D eigenvalue weighted by Crippen LogP contribution is 2.38. The van der Waals surface area contributed by atoms with Gasteiger partial charge in [0.2, 0.25) is 11.7 Å². The zero-order valence-corrected chi connectivity index (χ0v) is 16.9. The van der Waals surface area contributed by atoms with Gasteiger partial charge in [-0.25, -0.2) is 0 Å². The molecule has 0 bridgehead atoms. The lowest BCUT2D eigenvalue weighted by molar-refractivity contribution is -0.116. The van der Waals surface area contributed by atoms with Crippen molar-refractivity contribution in [3.8, 4) is 17.2 Å². The lowest BCUT2D eigenvalue weighted by Crippen LogP contribution is -2.25. The van der Waals surface area contributed by atoms with Crippen LogP contribution < -0.4 is 24.8 Å². The summed E-state index contributed by atoms with van der Waals surface area (Å²) < 4.78 is 16.0. The maximum atomic E-state index is 12.4. The van der Waals surface area contributed by atoms with Crippen molar-refractivity contribution in [3.05, 3.63) is 47.5 Å². The molecule has 2 aromatic rings. The molecule has 3 rings (SSSR count). The third kappa shape index (κ3) is 5.40. The van der Waals surface area contributed by atoms with Gasteiger partial charge in [0.15, 0.2) is 11.5 Å². The zero-order chi connectivity index (χ0) is 20.8. The van der Waals surface area contributed by atoms with Gasteiger partial charge in [-0.3, -0.25) is 9.59 Å². The van der Waals surface area contributed by atoms with E-state index in [4.69, 9.17) is 14.2 Å². The number of ether oxygens (including phenoxy) is 3. The van der Waals surface area contributed by atoms with Gasteiger partial charge in [-0.1, -0.05) is 6.07 Å². The molecule has 0 atom stereocenters. The van der Waals surface area contributed by atoms with Crippen LogP contribution in [0, 0.1) is 0 Å². The summed E-state index contributed by atoms with van der Waals surface area (Å²) in [5.41, 5.74) is 2.04. The van der Waals surface area contributed by atoms with E-state index in [0.29, 0.717) is 41.0 Å². The van der Waals surface area contributed by atoms with Crippen LogP contribution in [-0.4, -0.2) is 39.2 Å². The molecule has 0 unspecified atom stereocenters. The fourth-order valence-corrected chi connectivity index (χ4v) is 3.00. The summed E-state index contributed by atoms with van der Waals surface area (Å²) in [6.07, 6.45) is 2.84. The Kier molecular flexibility index (Phi) is 6.59. The number of nitrogens with one attached hydrogen (secondary N) is 2. The van der Waals surface area contributed by atoms with Crippen molar-refractivity contribution in [1.29, 1.82) is 0 Å². The van der Waals surface area contributed by atoms with E-state index in [1.807, 2.05) is 12.1 Å². The number of methoxy groups -OCH3 is 3. The Morgan fingerprint density at radius 2 is 1.69 bits per heavy atom. The second-order valence-electron chi connectivity index (χ2n) is 6.91. The normalized spacial score (nSPS) is 12.8. The Morgan fingerprint density at radius 1 is 1.00 bits per heavy atom. The Bertz CT molecular complexity index is 868. The third-order valence-corrected chi connectivity index (χ3v) is 4.69. The van der Waals surface area contributed by atoms with Gasteiger partial charge in [0, 0.05) is 23.7 Å². The van der Waals surface area contributed by atoms with Gasteiger partial charge in [0.25, 0.3) is 5.91 Å². The molecule has 7 heteroatoms. The largest absolute Gasteiger partial charge is 0.493 e. The Morgan fingerprint density at radius 3 is 2.28 bits per heavy atom. The van der Waals surface area contributed by atoms with Crippen molar-refractivity contribution >= 4 is 17.5 Å². The number of hydrogen-bond acceptors (Lipinski definition) is 5. The number of aryl methyl sites for hydroxylation is 1. The first kappa shape index (κ1) is 20.5. The number of anilines is 1. The van der Waals surface area contributed by atoms with Gasteiger partial charge in [0.05, 0.1) is 21.3 Å². The van der Waals surface area contributed by atoms with Crippen LogP contribution in [0.2, 0.25) is 0 Å². The summed E-state index contributed by atoms with van der Waals surface area (Å²) in [6, 6.07) is 10.9. The van der Waals surface area contributed by atoms with Gasteiger partial charge in [-0.05, 0) is 55.2 Å². The van der Waals surface area contributed by atoms with Crippen LogP contribution in [0.5, 0.6) is 17.2 Å². The van der Waals surface area contributed by atoms with Gasteiger partial charge < -0.3 is 24.8 Å². The molecule has 29 heavy (non-hydrogen) atoms. The smallest absolute Gasteiger partial charge is 0.251 e. The van der Waals surface area contributed by atoms with Crippen molar-refractivity contribution in [2.75, 3.05) is 26.6 Å². The summed E-state index contributed by atoms with van der Waals surface area (Å²) in [6.45, 7) is 0. The molecule has 0 aliphatic heterocycles. The molecule has 1 fully saturated rings. The third-order valence-electron chi connectivity index (χ3n) is 4.69. The van der Waals surface area contributed by atoms with E-state index in [-0.39, 0.29) is 18.2 Å². The van der Waals surface area contributed by atoms with Gasteiger partial charge in [-0.15, -0.1) is 0 Å². The predicted octanol–water partition coefficient (Wildman–Crippen LogP) is 3.18. The maximum absolute atomic E-state index is 12.4. The summed E-state index contributed by atoms with van der Waals surface area (Å²) in [4.78, 5) is 24.5. The Hall–Kier alpha value is -3.22. The molecule has 2 aromatic carbocycles. The first-order chi connectivity index (χ1) is 14.0. The van der Waals surface area contributed by atoms with E-state index < -0.39 is 0 Å². The molecule has 7 nitrogen and oxygen atoms in total. The van der Waals surface area contributed by atoms with Crippen molar-refractivity contribution in [2.45, 2.75) is 31.7 Å². The fourth-order valence-electron chi connectivity index (χ4n) is 3.00. The van der Waals surface area contributed by atoms with E-state index >= 15 is 0 Å². The number of hydrogen-bond donors (Lipinski definition) is 2. The molecular weight excluding hydrogens is 372 g/mol. The number of amides is 2. The van der Waals surface area contributed by atoms with Gasteiger partial charge in [0.1, 0.15) is 0 Å². The lowest BCUT2D eigenvalue weighted by atomic mass is 10.1. The van der Waals surface area contributed by atoms with E-state index in [2.05, 4.69) is 10.6 Å². The average Bonchev–Trinajstić information content (AvgIpc) is 3.55. The quantitative estimate of drug-likeness (QED) is 0.678. The summed E-state index contributed by atoms with van der Waals surface area (Å²) in [5, 5.41) is 5.79. The average molecular weight is 398 g/mol. The number of benzene rings is 2. The highest BCUT2D eigenvalue weighted by Gasteiger charge is 2.23. The second kappa shape index (κ2) is 9.32. The van der Waals surface area contributed by atoms with E-state index in [1.54, 1.807) is 45.6 Å². The number of carbonyl (C=O) groups excluding carboxylic acids is 2. The fraction of sp³-hybridized carbons (Fsp3) is 0.364. The van der Waals surface area contributed by atoms with Gasteiger partial charge >= 0.3 is 0 Å². The molecule has 2 N–H and O–H groups in total. The van der Waals surface area contributed by atoms with Crippen LogP contribution in [0.3, 0.4) is 0 Å². The SMILES string of the molecule is COc1cc(CCC(=O)Nc2cccc(C(=O)NC3CC3)c2)cc(OC)c1OC. The molecule has 0 radical (unpaired) electrons. The molecule has 154 valence electrons.